The summed E-state index contributed by atoms with van der Waals surface area (Å²) in [5, 5.41) is 0. The van der Waals surface area contributed by atoms with Gasteiger partial charge in [0.25, 0.3) is 0 Å². The van der Waals surface area contributed by atoms with Gasteiger partial charge in [-0.25, -0.2) is 9.97 Å². The fourth-order valence-electron chi connectivity index (χ4n) is 1.02. The van der Waals surface area contributed by atoms with Crippen molar-refractivity contribution in [3.63, 3.8) is 0 Å². The van der Waals surface area contributed by atoms with E-state index in [4.69, 9.17) is 0 Å². The fraction of sp³-hybridized carbons (Fsp3) is 0.692. The van der Waals surface area contributed by atoms with Gasteiger partial charge in [-0.3, -0.25) is 0 Å². The first-order valence-electron chi connectivity index (χ1n) is 5.73. The maximum absolute atomic E-state index is 4.36. The van der Waals surface area contributed by atoms with Gasteiger partial charge in [0.2, 0.25) is 0 Å². The molecule has 0 aliphatic heterocycles. The minimum absolute atomic E-state index is 0.0511. The minimum atomic E-state index is 0.0511. The SMILES string of the molecule is CC.CC(C)c1cnc(C(C)(C)C)nc1. The first kappa shape index (κ1) is 14.1. The van der Waals surface area contributed by atoms with Crippen LogP contribution >= 0.6 is 0 Å². The standard InChI is InChI=1S/C11H18N2.C2H6/c1-8(2)9-6-12-10(13-7-9)11(3,4)5;1-2/h6-8H,1-5H3;1-2H3. The Morgan fingerprint density at radius 3 is 1.67 bits per heavy atom. The lowest BCUT2D eigenvalue weighted by Crippen LogP contribution is -2.15. The third-order valence-electron chi connectivity index (χ3n) is 2.01. The molecule has 0 bridgehead atoms. The average Bonchev–Trinajstić information content (AvgIpc) is 2.20. The summed E-state index contributed by atoms with van der Waals surface area (Å²) >= 11 is 0. The van der Waals surface area contributed by atoms with Crippen molar-refractivity contribution in [3.8, 4) is 0 Å². The molecule has 0 unspecified atom stereocenters. The minimum Gasteiger partial charge on any atom is -0.241 e. The quantitative estimate of drug-likeness (QED) is 0.699. The highest BCUT2D eigenvalue weighted by molar-refractivity contribution is 5.12. The highest BCUT2D eigenvalue weighted by Gasteiger charge is 2.16. The molecule has 0 amide bonds. The highest BCUT2D eigenvalue weighted by Crippen LogP contribution is 2.19. The van der Waals surface area contributed by atoms with Gasteiger partial charge in [0.05, 0.1) is 0 Å². The molecule has 2 nitrogen and oxygen atoms in total. The zero-order chi connectivity index (χ0) is 12.1. The van der Waals surface area contributed by atoms with Crippen molar-refractivity contribution in [2.75, 3.05) is 0 Å². The molecule has 1 heterocycles. The lowest BCUT2D eigenvalue weighted by Gasteiger charge is -2.16. The molecule has 0 aromatic carbocycles. The van der Waals surface area contributed by atoms with E-state index < -0.39 is 0 Å². The molecule has 15 heavy (non-hydrogen) atoms. The summed E-state index contributed by atoms with van der Waals surface area (Å²) in [6.45, 7) is 14.7. The molecule has 0 N–H and O–H groups in total. The van der Waals surface area contributed by atoms with Crippen molar-refractivity contribution in [2.24, 2.45) is 0 Å². The van der Waals surface area contributed by atoms with E-state index in [1.807, 2.05) is 26.2 Å². The molecule has 0 spiro atoms. The third-order valence-corrected chi connectivity index (χ3v) is 2.01. The van der Waals surface area contributed by atoms with Crippen LogP contribution in [-0.4, -0.2) is 9.97 Å². The number of hydrogen-bond acceptors (Lipinski definition) is 2. The summed E-state index contributed by atoms with van der Waals surface area (Å²) in [6.07, 6.45) is 3.86. The molecule has 0 saturated carbocycles. The highest BCUT2D eigenvalue weighted by atomic mass is 14.9. The fourth-order valence-corrected chi connectivity index (χ4v) is 1.02. The molecule has 0 saturated heterocycles. The molecule has 1 aromatic rings. The Hall–Kier alpha value is -0.920. The molecular weight excluding hydrogens is 184 g/mol. The van der Waals surface area contributed by atoms with E-state index in [2.05, 4.69) is 44.6 Å². The lowest BCUT2D eigenvalue weighted by atomic mass is 9.95. The summed E-state index contributed by atoms with van der Waals surface area (Å²) in [5.41, 5.74) is 1.25. The van der Waals surface area contributed by atoms with Crippen LogP contribution in [0, 0.1) is 0 Å². The van der Waals surface area contributed by atoms with Crippen molar-refractivity contribution in [1.82, 2.24) is 9.97 Å². The number of aromatic nitrogens is 2. The lowest BCUT2D eigenvalue weighted by molar-refractivity contribution is 0.543. The first-order chi connectivity index (χ1) is 6.91. The van der Waals surface area contributed by atoms with Gasteiger partial charge in [0, 0.05) is 17.8 Å². The van der Waals surface area contributed by atoms with Crippen LogP contribution in [-0.2, 0) is 5.41 Å². The van der Waals surface area contributed by atoms with E-state index in [9.17, 15) is 0 Å². The van der Waals surface area contributed by atoms with Crippen LogP contribution < -0.4 is 0 Å². The Balaban J connectivity index is 0.000000921. The smallest absolute Gasteiger partial charge is 0.133 e. The van der Waals surface area contributed by atoms with Crippen LogP contribution in [0.1, 0.15) is 65.8 Å². The second-order valence-corrected chi connectivity index (χ2v) is 4.74. The van der Waals surface area contributed by atoms with Crippen LogP contribution in [0.3, 0.4) is 0 Å². The van der Waals surface area contributed by atoms with Crippen LogP contribution in [0.4, 0.5) is 0 Å². The Bertz CT molecular complexity index is 268. The van der Waals surface area contributed by atoms with E-state index in [1.54, 1.807) is 0 Å². The van der Waals surface area contributed by atoms with Gasteiger partial charge in [-0.05, 0) is 11.5 Å². The average molecular weight is 208 g/mol. The third kappa shape index (κ3) is 4.41. The van der Waals surface area contributed by atoms with E-state index in [-0.39, 0.29) is 5.41 Å². The Labute approximate surface area is 94.2 Å². The van der Waals surface area contributed by atoms with Crippen molar-refractivity contribution >= 4 is 0 Å². The van der Waals surface area contributed by atoms with Gasteiger partial charge in [-0.2, -0.15) is 0 Å². The molecule has 1 rings (SSSR count). The van der Waals surface area contributed by atoms with Crippen LogP contribution in [0.5, 0.6) is 0 Å². The zero-order valence-electron chi connectivity index (χ0n) is 11.1. The second-order valence-electron chi connectivity index (χ2n) is 4.74. The Kier molecular flexibility index (Phi) is 5.48. The summed E-state index contributed by atoms with van der Waals surface area (Å²) in [4.78, 5) is 8.72. The molecule has 0 aliphatic rings. The topological polar surface area (TPSA) is 25.8 Å². The second kappa shape index (κ2) is 5.84. The predicted molar refractivity (Wildman–Crippen MR) is 66.2 cm³/mol. The van der Waals surface area contributed by atoms with E-state index in [0.29, 0.717) is 5.92 Å². The molecule has 1 aromatic heterocycles. The molecule has 0 radical (unpaired) electrons. The normalized spacial score (nSPS) is 10.9. The van der Waals surface area contributed by atoms with E-state index >= 15 is 0 Å². The molecular formula is C13H24N2. The van der Waals surface area contributed by atoms with E-state index in [0.717, 1.165) is 5.82 Å². The maximum Gasteiger partial charge on any atom is 0.133 e. The molecule has 0 fully saturated rings. The van der Waals surface area contributed by atoms with Gasteiger partial charge in [-0.1, -0.05) is 48.5 Å². The molecule has 86 valence electrons. The van der Waals surface area contributed by atoms with Crippen molar-refractivity contribution in [1.29, 1.82) is 0 Å². The number of hydrogen-bond donors (Lipinski definition) is 0. The van der Waals surface area contributed by atoms with Crippen molar-refractivity contribution in [2.45, 2.75) is 59.8 Å². The summed E-state index contributed by atoms with van der Waals surface area (Å²) in [6, 6.07) is 0. The maximum atomic E-state index is 4.36. The van der Waals surface area contributed by atoms with Gasteiger partial charge in [0.1, 0.15) is 5.82 Å². The van der Waals surface area contributed by atoms with Gasteiger partial charge in [0.15, 0.2) is 0 Å². The van der Waals surface area contributed by atoms with Crippen LogP contribution in [0.15, 0.2) is 12.4 Å². The van der Waals surface area contributed by atoms with Gasteiger partial charge >= 0.3 is 0 Å². The monoisotopic (exact) mass is 208 g/mol. The molecule has 2 heteroatoms. The van der Waals surface area contributed by atoms with E-state index in [1.165, 1.54) is 5.56 Å². The summed E-state index contributed by atoms with van der Waals surface area (Å²) < 4.78 is 0. The number of rotatable bonds is 1. The Morgan fingerprint density at radius 2 is 1.40 bits per heavy atom. The summed E-state index contributed by atoms with van der Waals surface area (Å²) in [5.74, 6) is 1.42. The van der Waals surface area contributed by atoms with Crippen molar-refractivity contribution in [3.05, 3.63) is 23.8 Å². The largest absolute Gasteiger partial charge is 0.241 e. The van der Waals surface area contributed by atoms with Gasteiger partial charge < -0.3 is 0 Å². The summed E-state index contributed by atoms with van der Waals surface area (Å²) in [7, 11) is 0. The zero-order valence-corrected chi connectivity index (χ0v) is 11.1. The van der Waals surface area contributed by atoms with Crippen LogP contribution in [0.25, 0.3) is 0 Å². The van der Waals surface area contributed by atoms with Crippen molar-refractivity contribution < 1.29 is 0 Å². The first-order valence-corrected chi connectivity index (χ1v) is 5.73. The predicted octanol–water partition coefficient (Wildman–Crippen LogP) is 3.92. The molecule has 0 atom stereocenters. The number of nitrogens with zero attached hydrogens (tertiary/aromatic N) is 2. The van der Waals surface area contributed by atoms with Crippen LogP contribution in [0.2, 0.25) is 0 Å². The van der Waals surface area contributed by atoms with Gasteiger partial charge in [-0.15, -0.1) is 0 Å². The Morgan fingerprint density at radius 1 is 1.00 bits per heavy atom. The molecule has 0 aliphatic carbocycles.